The molecule has 3 nitrogen and oxygen atoms in total. The van der Waals surface area contributed by atoms with Gasteiger partial charge in [-0.1, -0.05) is 24.3 Å². The van der Waals surface area contributed by atoms with Crippen LogP contribution in [0.3, 0.4) is 0 Å². The largest absolute Gasteiger partial charge is 0.379 e. The molecule has 1 unspecified atom stereocenters. The lowest BCUT2D eigenvalue weighted by Crippen LogP contribution is -2.36. The maximum absolute atomic E-state index is 11.5. The van der Waals surface area contributed by atoms with E-state index in [2.05, 4.69) is 12.1 Å². The third-order valence-corrected chi connectivity index (χ3v) is 2.27. The van der Waals surface area contributed by atoms with Crippen LogP contribution in [0, 0.1) is 0 Å². The molecule has 1 heterocycles. The number of carbonyl (C=O) groups is 1. The summed E-state index contributed by atoms with van der Waals surface area (Å²) in [5, 5.41) is 0. The summed E-state index contributed by atoms with van der Waals surface area (Å²) in [6, 6.07) is 7.52. The van der Waals surface area contributed by atoms with Gasteiger partial charge in [-0.25, -0.2) is 0 Å². The summed E-state index contributed by atoms with van der Waals surface area (Å²) in [4.78, 5) is 16.5. The van der Waals surface area contributed by atoms with Gasteiger partial charge in [-0.2, -0.15) is 5.48 Å². The standard InChI is InChI=1S/C11H11NO2/c1-2-5-9-8-6-3-4-7-10(8)14-12-11(9)13/h2-4,6-7,9H,1,5H2,(H,12,13). The van der Waals surface area contributed by atoms with Crippen molar-refractivity contribution in [2.24, 2.45) is 0 Å². The number of hydrogen-bond donors (Lipinski definition) is 1. The van der Waals surface area contributed by atoms with Crippen molar-refractivity contribution in [3.63, 3.8) is 0 Å². The molecule has 1 atom stereocenters. The van der Waals surface area contributed by atoms with Crippen LogP contribution in [0.15, 0.2) is 36.9 Å². The first-order valence-electron chi connectivity index (χ1n) is 4.49. The molecule has 2 rings (SSSR count). The van der Waals surface area contributed by atoms with E-state index in [0.29, 0.717) is 6.42 Å². The molecule has 0 radical (unpaired) electrons. The fourth-order valence-electron chi connectivity index (χ4n) is 1.58. The zero-order valence-corrected chi connectivity index (χ0v) is 7.69. The first-order valence-corrected chi connectivity index (χ1v) is 4.49. The number of hydrogen-bond acceptors (Lipinski definition) is 2. The molecule has 0 saturated carbocycles. The molecule has 0 saturated heterocycles. The van der Waals surface area contributed by atoms with Crippen LogP contribution < -0.4 is 10.3 Å². The minimum absolute atomic E-state index is 0.108. The average molecular weight is 189 g/mol. The summed E-state index contributed by atoms with van der Waals surface area (Å²) in [6.07, 6.45) is 2.37. The van der Waals surface area contributed by atoms with Gasteiger partial charge in [0.15, 0.2) is 5.75 Å². The normalized spacial score (nSPS) is 19.1. The van der Waals surface area contributed by atoms with Gasteiger partial charge in [0.05, 0.1) is 5.92 Å². The van der Waals surface area contributed by atoms with E-state index in [4.69, 9.17) is 4.84 Å². The SMILES string of the molecule is C=CCC1C(=O)NOc2ccccc21. The Labute approximate surface area is 82.3 Å². The van der Waals surface area contributed by atoms with Crippen molar-refractivity contribution in [3.8, 4) is 5.75 Å². The molecule has 1 aromatic carbocycles. The average Bonchev–Trinajstić information content (AvgIpc) is 2.23. The molecule has 1 aliphatic heterocycles. The Balaban J connectivity index is 2.40. The molecule has 3 heteroatoms. The Kier molecular flexibility index (Phi) is 2.23. The van der Waals surface area contributed by atoms with Crippen molar-refractivity contribution in [3.05, 3.63) is 42.5 Å². The van der Waals surface area contributed by atoms with E-state index in [1.807, 2.05) is 24.3 Å². The highest BCUT2D eigenvalue weighted by atomic mass is 16.7. The molecule has 72 valence electrons. The van der Waals surface area contributed by atoms with Gasteiger partial charge in [-0.15, -0.1) is 6.58 Å². The van der Waals surface area contributed by atoms with Crippen LogP contribution in [0.4, 0.5) is 0 Å². The molecule has 0 aliphatic carbocycles. The van der Waals surface area contributed by atoms with E-state index < -0.39 is 0 Å². The molecule has 1 N–H and O–H groups in total. The van der Waals surface area contributed by atoms with Gasteiger partial charge in [0.2, 0.25) is 0 Å². The van der Waals surface area contributed by atoms with Gasteiger partial charge in [-0.3, -0.25) is 4.79 Å². The van der Waals surface area contributed by atoms with Crippen molar-refractivity contribution >= 4 is 5.91 Å². The number of hydroxylamine groups is 1. The molecular formula is C11H11NO2. The van der Waals surface area contributed by atoms with Gasteiger partial charge in [0.25, 0.3) is 5.91 Å². The van der Waals surface area contributed by atoms with Crippen LogP contribution in [-0.4, -0.2) is 5.91 Å². The summed E-state index contributed by atoms with van der Waals surface area (Å²) >= 11 is 0. The molecule has 0 fully saturated rings. The van der Waals surface area contributed by atoms with Crippen molar-refractivity contribution in [1.82, 2.24) is 5.48 Å². The van der Waals surface area contributed by atoms with E-state index >= 15 is 0 Å². The Morgan fingerprint density at radius 2 is 2.29 bits per heavy atom. The smallest absolute Gasteiger partial charge is 0.260 e. The summed E-state index contributed by atoms with van der Waals surface area (Å²) in [7, 11) is 0. The second-order valence-electron chi connectivity index (χ2n) is 3.18. The molecule has 1 aliphatic rings. The number of para-hydroxylation sites is 1. The third-order valence-electron chi connectivity index (χ3n) is 2.27. The monoisotopic (exact) mass is 189 g/mol. The summed E-state index contributed by atoms with van der Waals surface area (Å²) in [5.74, 6) is 0.444. The maximum Gasteiger partial charge on any atom is 0.260 e. The Hall–Kier alpha value is -1.77. The predicted molar refractivity (Wildman–Crippen MR) is 52.8 cm³/mol. The summed E-state index contributed by atoms with van der Waals surface area (Å²) in [5.41, 5.74) is 3.31. The van der Waals surface area contributed by atoms with Crippen LogP contribution in [0.25, 0.3) is 0 Å². The summed E-state index contributed by atoms with van der Waals surface area (Å²) < 4.78 is 0. The Morgan fingerprint density at radius 1 is 1.50 bits per heavy atom. The van der Waals surface area contributed by atoms with E-state index in [9.17, 15) is 4.79 Å². The number of allylic oxidation sites excluding steroid dienone is 1. The lowest BCUT2D eigenvalue weighted by molar-refractivity contribution is -0.130. The van der Waals surface area contributed by atoms with Gasteiger partial charge in [0, 0.05) is 5.56 Å². The number of benzene rings is 1. The molecule has 14 heavy (non-hydrogen) atoms. The van der Waals surface area contributed by atoms with Crippen LogP contribution >= 0.6 is 0 Å². The highest BCUT2D eigenvalue weighted by Gasteiger charge is 2.27. The molecule has 1 aromatic rings. The van der Waals surface area contributed by atoms with E-state index in [-0.39, 0.29) is 11.8 Å². The number of nitrogens with one attached hydrogen (secondary N) is 1. The van der Waals surface area contributed by atoms with Crippen LogP contribution in [0.5, 0.6) is 5.75 Å². The van der Waals surface area contributed by atoms with E-state index in [1.54, 1.807) is 6.08 Å². The second kappa shape index (κ2) is 3.54. The van der Waals surface area contributed by atoms with Crippen LogP contribution in [0.1, 0.15) is 17.9 Å². The summed E-state index contributed by atoms with van der Waals surface area (Å²) in [6.45, 7) is 3.64. The third kappa shape index (κ3) is 1.37. The number of rotatable bonds is 2. The predicted octanol–water partition coefficient (Wildman–Crippen LogP) is 1.77. The van der Waals surface area contributed by atoms with Crippen LogP contribution in [-0.2, 0) is 4.79 Å². The minimum atomic E-state index is -0.169. The number of carbonyl (C=O) groups excluding carboxylic acids is 1. The molecule has 0 spiro atoms. The lowest BCUT2D eigenvalue weighted by atomic mass is 9.93. The topological polar surface area (TPSA) is 38.3 Å². The quantitative estimate of drug-likeness (QED) is 0.720. The highest BCUT2D eigenvalue weighted by molar-refractivity contribution is 5.85. The number of fused-ring (bicyclic) bond motifs is 1. The zero-order chi connectivity index (χ0) is 9.97. The van der Waals surface area contributed by atoms with Crippen molar-refractivity contribution in [2.75, 3.05) is 0 Å². The van der Waals surface area contributed by atoms with Gasteiger partial charge in [0.1, 0.15) is 0 Å². The van der Waals surface area contributed by atoms with Gasteiger partial charge in [-0.05, 0) is 12.5 Å². The second-order valence-corrected chi connectivity index (χ2v) is 3.18. The van der Waals surface area contributed by atoms with Gasteiger partial charge < -0.3 is 4.84 Å². The molecular weight excluding hydrogens is 178 g/mol. The van der Waals surface area contributed by atoms with Crippen molar-refractivity contribution in [2.45, 2.75) is 12.3 Å². The Bertz CT molecular complexity index is 373. The van der Waals surface area contributed by atoms with Crippen molar-refractivity contribution in [1.29, 1.82) is 0 Å². The minimum Gasteiger partial charge on any atom is -0.379 e. The first-order chi connectivity index (χ1) is 6.83. The highest BCUT2D eigenvalue weighted by Crippen LogP contribution is 2.31. The Morgan fingerprint density at radius 3 is 3.07 bits per heavy atom. The maximum atomic E-state index is 11.5. The first kappa shape index (κ1) is 8.81. The molecule has 0 bridgehead atoms. The van der Waals surface area contributed by atoms with Crippen LogP contribution in [0.2, 0.25) is 0 Å². The number of amides is 1. The van der Waals surface area contributed by atoms with E-state index in [0.717, 1.165) is 11.3 Å². The fraction of sp³-hybridized carbons (Fsp3) is 0.182. The zero-order valence-electron chi connectivity index (χ0n) is 7.69. The lowest BCUT2D eigenvalue weighted by Gasteiger charge is -2.23. The van der Waals surface area contributed by atoms with Gasteiger partial charge >= 0.3 is 0 Å². The molecule has 0 aromatic heterocycles. The van der Waals surface area contributed by atoms with Crippen molar-refractivity contribution < 1.29 is 9.63 Å². The molecule has 1 amide bonds. The fourth-order valence-corrected chi connectivity index (χ4v) is 1.58. The van der Waals surface area contributed by atoms with E-state index in [1.165, 1.54) is 0 Å².